The molecular formula is C17H18FN3O. The van der Waals surface area contributed by atoms with Crippen LogP contribution in [0.2, 0.25) is 0 Å². The van der Waals surface area contributed by atoms with Gasteiger partial charge in [-0.2, -0.15) is 0 Å². The lowest BCUT2D eigenvalue weighted by Crippen LogP contribution is -2.06. The van der Waals surface area contributed by atoms with Gasteiger partial charge in [-0.15, -0.1) is 0 Å². The summed E-state index contributed by atoms with van der Waals surface area (Å²) in [5, 5.41) is 0. The number of nitrogens with zero attached hydrogens (tertiary/aromatic N) is 2. The Morgan fingerprint density at radius 3 is 2.91 bits per heavy atom. The van der Waals surface area contributed by atoms with E-state index in [-0.39, 0.29) is 5.82 Å². The van der Waals surface area contributed by atoms with Crippen molar-refractivity contribution in [3.8, 4) is 5.75 Å². The molecular weight excluding hydrogens is 281 g/mol. The van der Waals surface area contributed by atoms with Gasteiger partial charge < -0.3 is 14.9 Å². The molecule has 22 heavy (non-hydrogen) atoms. The molecule has 0 radical (unpaired) electrons. The zero-order valence-corrected chi connectivity index (χ0v) is 12.4. The highest BCUT2D eigenvalue weighted by atomic mass is 19.1. The standard InChI is InChI=1S/C17H18FN3O/c1-12-15(7-8-19)21-9-3-6-16(17(21)20-12)22-11-13-4-2-5-14(18)10-13/h2-6,9-10H,7-8,11,19H2,1H3. The maximum absolute atomic E-state index is 13.2. The Bertz CT molecular complexity index is 798. The number of pyridine rings is 1. The maximum Gasteiger partial charge on any atom is 0.180 e. The van der Waals surface area contributed by atoms with Crippen molar-refractivity contribution >= 4 is 5.65 Å². The van der Waals surface area contributed by atoms with Gasteiger partial charge in [-0.25, -0.2) is 9.37 Å². The van der Waals surface area contributed by atoms with Crippen LogP contribution in [0.1, 0.15) is 17.0 Å². The van der Waals surface area contributed by atoms with Crippen molar-refractivity contribution < 1.29 is 9.13 Å². The molecule has 0 saturated heterocycles. The third-order valence-corrected chi connectivity index (χ3v) is 3.58. The predicted molar refractivity (Wildman–Crippen MR) is 83.4 cm³/mol. The highest BCUT2D eigenvalue weighted by molar-refractivity contribution is 5.56. The first-order chi connectivity index (χ1) is 10.7. The van der Waals surface area contributed by atoms with E-state index in [1.54, 1.807) is 6.07 Å². The topological polar surface area (TPSA) is 52.5 Å². The van der Waals surface area contributed by atoms with Crippen LogP contribution in [0.5, 0.6) is 5.75 Å². The van der Waals surface area contributed by atoms with Gasteiger partial charge in [-0.05, 0) is 43.3 Å². The number of imidazole rings is 1. The highest BCUT2D eigenvalue weighted by Gasteiger charge is 2.12. The first-order valence-corrected chi connectivity index (χ1v) is 7.23. The van der Waals surface area contributed by atoms with E-state index in [4.69, 9.17) is 10.5 Å². The summed E-state index contributed by atoms with van der Waals surface area (Å²) in [6, 6.07) is 10.2. The average molecular weight is 299 g/mol. The van der Waals surface area contributed by atoms with Crippen molar-refractivity contribution in [1.82, 2.24) is 9.38 Å². The van der Waals surface area contributed by atoms with Crippen molar-refractivity contribution in [1.29, 1.82) is 0 Å². The van der Waals surface area contributed by atoms with E-state index >= 15 is 0 Å². The fourth-order valence-electron chi connectivity index (χ4n) is 2.54. The number of fused-ring (bicyclic) bond motifs is 1. The van der Waals surface area contributed by atoms with E-state index in [9.17, 15) is 4.39 Å². The molecule has 114 valence electrons. The molecule has 0 aliphatic heterocycles. The van der Waals surface area contributed by atoms with Crippen LogP contribution < -0.4 is 10.5 Å². The fourth-order valence-corrected chi connectivity index (χ4v) is 2.54. The molecule has 0 bridgehead atoms. The Morgan fingerprint density at radius 2 is 2.14 bits per heavy atom. The minimum Gasteiger partial charge on any atom is -0.485 e. The lowest BCUT2D eigenvalue weighted by molar-refractivity contribution is 0.307. The van der Waals surface area contributed by atoms with Gasteiger partial charge in [0, 0.05) is 18.3 Å². The Kier molecular flexibility index (Phi) is 4.06. The number of aromatic nitrogens is 2. The molecule has 0 spiro atoms. The fraction of sp³-hybridized carbons (Fsp3) is 0.235. The smallest absolute Gasteiger partial charge is 0.180 e. The Labute approximate surface area is 128 Å². The predicted octanol–water partition coefficient (Wildman–Crippen LogP) is 2.86. The van der Waals surface area contributed by atoms with Gasteiger partial charge in [0.2, 0.25) is 0 Å². The molecule has 5 heteroatoms. The molecule has 2 heterocycles. The van der Waals surface area contributed by atoms with Gasteiger partial charge in [0.25, 0.3) is 0 Å². The summed E-state index contributed by atoms with van der Waals surface area (Å²) >= 11 is 0. The summed E-state index contributed by atoms with van der Waals surface area (Å²) in [5.74, 6) is 0.416. The first kappa shape index (κ1) is 14.5. The van der Waals surface area contributed by atoms with Gasteiger partial charge >= 0.3 is 0 Å². The lowest BCUT2D eigenvalue weighted by atomic mass is 10.2. The van der Waals surface area contributed by atoms with Crippen molar-refractivity contribution in [2.45, 2.75) is 20.0 Å². The van der Waals surface area contributed by atoms with E-state index in [1.807, 2.05) is 35.7 Å². The van der Waals surface area contributed by atoms with Crippen molar-refractivity contribution in [3.63, 3.8) is 0 Å². The van der Waals surface area contributed by atoms with E-state index in [0.717, 1.165) is 29.0 Å². The summed E-state index contributed by atoms with van der Waals surface area (Å²) in [4.78, 5) is 4.57. The summed E-state index contributed by atoms with van der Waals surface area (Å²) < 4.78 is 21.0. The monoisotopic (exact) mass is 299 g/mol. The van der Waals surface area contributed by atoms with Crippen molar-refractivity contribution in [2.75, 3.05) is 6.54 Å². The second kappa shape index (κ2) is 6.15. The largest absolute Gasteiger partial charge is 0.485 e. The third kappa shape index (κ3) is 2.80. The molecule has 0 saturated carbocycles. The summed E-state index contributed by atoms with van der Waals surface area (Å²) in [7, 11) is 0. The van der Waals surface area contributed by atoms with Crippen LogP contribution in [0.25, 0.3) is 5.65 Å². The minimum absolute atomic E-state index is 0.263. The maximum atomic E-state index is 13.2. The summed E-state index contributed by atoms with van der Waals surface area (Å²) in [5.41, 5.74) is 9.25. The normalized spacial score (nSPS) is 11.0. The molecule has 1 aromatic carbocycles. The van der Waals surface area contributed by atoms with E-state index in [0.29, 0.717) is 18.9 Å². The molecule has 0 atom stereocenters. The molecule has 0 aliphatic rings. The zero-order valence-electron chi connectivity index (χ0n) is 12.4. The second-order valence-electron chi connectivity index (χ2n) is 5.17. The number of halogens is 1. The van der Waals surface area contributed by atoms with E-state index in [1.165, 1.54) is 12.1 Å². The second-order valence-corrected chi connectivity index (χ2v) is 5.17. The van der Waals surface area contributed by atoms with Crippen LogP contribution >= 0.6 is 0 Å². The minimum atomic E-state index is -0.263. The number of benzene rings is 1. The van der Waals surface area contributed by atoms with E-state index < -0.39 is 0 Å². The number of rotatable bonds is 5. The molecule has 3 rings (SSSR count). The van der Waals surface area contributed by atoms with Crippen LogP contribution in [0.15, 0.2) is 42.6 Å². The van der Waals surface area contributed by atoms with Crippen LogP contribution in [-0.2, 0) is 13.0 Å². The van der Waals surface area contributed by atoms with Crippen LogP contribution in [0, 0.1) is 12.7 Å². The van der Waals surface area contributed by atoms with Gasteiger partial charge in [0.05, 0.1) is 5.69 Å². The molecule has 0 aliphatic carbocycles. The number of nitrogens with two attached hydrogens (primary N) is 1. The van der Waals surface area contributed by atoms with Crippen molar-refractivity contribution in [3.05, 3.63) is 65.4 Å². The van der Waals surface area contributed by atoms with Gasteiger partial charge in [0.1, 0.15) is 12.4 Å². The summed E-state index contributed by atoms with van der Waals surface area (Å²) in [6.45, 7) is 2.84. The van der Waals surface area contributed by atoms with Gasteiger partial charge in [-0.3, -0.25) is 0 Å². The molecule has 3 aromatic rings. The number of hydrogen-bond acceptors (Lipinski definition) is 3. The number of hydrogen-bond donors (Lipinski definition) is 1. The first-order valence-electron chi connectivity index (χ1n) is 7.23. The Morgan fingerprint density at radius 1 is 1.27 bits per heavy atom. The Balaban J connectivity index is 1.89. The van der Waals surface area contributed by atoms with Crippen LogP contribution in [0.3, 0.4) is 0 Å². The number of ether oxygens (including phenoxy) is 1. The lowest BCUT2D eigenvalue weighted by Gasteiger charge is -2.08. The number of aryl methyl sites for hydroxylation is 1. The molecule has 0 amide bonds. The quantitative estimate of drug-likeness (QED) is 0.788. The molecule has 0 fully saturated rings. The molecule has 0 unspecified atom stereocenters. The molecule has 4 nitrogen and oxygen atoms in total. The Hall–Kier alpha value is -2.40. The zero-order chi connectivity index (χ0) is 15.5. The average Bonchev–Trinajstić information content (AvgIpc) is 2.83. The van der Waals surface area contributed by atoms with Crippen LogP contribution in [-0.4, -0.2) is 15.9 Å². The molecule has 2 N–H and O–H groups in total. The SMILES string of the molecule is Cc1nc2c(OCc3cccc(F)c3)cccn2c1CCN. The third-order valence-electron chi connectivity index (χ3n) is 3.58. The van der Waals surface area contributed by atoms with Gasteiger partial charge in [-0.1, -0.05) is 12.1 Å². The van der Waals surface area contributed by atoms with Gasteiger partial charge in [0.15, 0.2) is 11.4 Å². The van der Waals surface area contributed by atoms with Crippen molar-refractivity contribution in [2.24, 2.45) is 5.73 Å². The highest BCUT2D eigenvalue weighted by Crippen LogP contribution is 2.23. The summed E-state index contributed by atoms with van der Waals surface area (Å²) in [6.07, 6.45) is 2.72. The molecule has 2 aromatic heterocycles. The van der Waals surface area contributed by atoms with E-state index in [2.05, 4.69) is 4.98 Å². The van der Waals surface area contributed by atoms with Crippen LogP contribution in [0.4, 0.5) is 4.39 Å².